The van der Waals surface area contributed by atoms with Gasteiger partial charge in [-0.25, -0.2) is 4.98 Å². The van der Waals surface area contributed by atoms with Crippen molar-refractivity contribution in [2.45, 2.75) is 32.9 Å². The number of anilines is 1. The standard InChI is InChI=1S/C24H22N2O4S/c1-14(2)30-18-10-8-17(9-11-18)21(27)19-20(16-6-4-15(3)5-7-16)26(23(29)22(19)28)24-25-12-13-31-24/h4-14,20,27H,1-3H3/b21-19+/t20-/m1/s1. The maximum Gasteiger partial charge on any atom is 0.301 e. The smallest absolute Gasteiger partial charge is 0.301 e. The lowest BCUT2D eigenvalue weighted by Gasteiger charge is -2.23. The summed E-state index contributed by atoms with van der Waals surface area (Å²) in [5, 5.41) is 13.3. The molecule has 0 unspecified atom stereocenters. The molecule has 1 N–H and O–H groups in total. The van der Waals surface area contributed by atoms with Crippen molar-refractivity contribution >= 4 is 33.9 Å². The second kappa shape index (κ2) is 8.35. The van der Waals surface area contributed by atoms with Crippen molar-refractivity contribution in [1.82, 2.24) is 4.98 Å². The molecular formula is C24H22N2O4S. The number of carbonyl (C=O) groups excluding carboxylic acids is 2. The highest BCUT2D eigenvalue weighted by atomic mass is 32.1. The summed E-state index contributed by atoms with van der Waals surface area (Å²) in [7, 11) is 0. The first-order valence-corrected chi connectivity index (χ1v) is 10.8. The molecule has 2 aromatic carbocycles. The molecule has 3 aromatic rings. The Hall–Kier alpha value is -3.45. The molecule has 1 saturated heterocycles. The second-order valence-electron chi connectivity index (χ2n) is 7.59. The van der Waals surface area contributed by atoms with Crippen LogP contribution in [0, 0.1) is 6.92 Å². The van der Waals surface area contributed by atoms with E-state index in [4.69, 9.17) is 4.74 Å². The van der Waals surface area contributed by atoms with Crippen molar-refractivity contribution in [3.8, 4) is 5.75 Å². The van der Waals surface area contributed by atoms with Crippen LogP contribution in [-0.4, -0.2) is 27.9 Å². The lowest BCUT2D eigenvalue weighted by atomic mass is 9.95. The molecule has 158 valence electrons. The summed E-state index contributed by atoms with van der Waals surface area (Å²) in [6.45, 7) is 5.81. The number of Topliss-reactive ketones (excluding diaryl/α,β-unsaturated/α-hetero) is 1. The van der Waals surface area contributed by atoms with Crippen molar-refractivity contribution in [1.29, 1.82) is 0 Å². The third-order valence-electron chi connectivity index (χ3n) is 4.96. The summed E-state index contributed by atoms with van der Waals surface area (Å²) in [5.41, 5.74) is 2.25. The van der Waals surface area contributed by atoms with Crippen LogP contribution in [0.4, 0.5) is 5.13 Å². The Labute approximate surface area is 184 Å². The summed E-state index contributed by atoms with van der Waals surface area (Å²) < 4.78 is 5.65. The van der Waals surface area contributed by atoms with E-state index in [-0.39, 0.29) is 17.4 Å². The number of ether oxygens (including phenoxy) is 1. The fraction of sp³-hybridized carbons (Fsp3) is 0.208. The average molecular weight is 435 g/mol. The van der Waals surface area contributed by atoms with Crippen LogP contribution in [0.5, 0.6) is 5.75 Å². The molecule has 7 heteroatoms. The minimum absolute atomic E-state index is 0.0182. The molecule has 0 aliphatic carbocycles. The number of thiazole rings is 1. The number of hydrogen-bond acceptors (Lipinski definition) is 6. The molecule has 1 aliphatic heterocycles. The summed E-state index contributed by atoms with van der Waals surface area (Å²) in [5.74, 6) is -1.01. The zero-order valence-corrected chi connectivity index (χ0v) is 18.2. The Morgan fingerprint density at radius 2 is 1.77 bits per heavy atom. The fourth-order valence-electron chi connectivity index (χ4n) is 3.55. The van der Waals surface area contributed by atoms with Gasteiger partial charge in [-0.1, -0.05) is 29.8 Å². The van der Waals surface area contributed by atoms with Crippen LogP contribution >= 0.6 is 11.3 Å². The van der Waals surface area contributed by atoms with Gasteiger partial charge in [0, 0.05) is 17.1 Å². The number of aliphatic hydroxyl groups is 1. The number of aliphatic hydroxyl groups excluding tert-OH is 1. The molecule has 6 nitrogen and oxygen atoms in total. The Bertz CT molecular complexity index is 1130. The van der Waals surface area contributed by atoms with E-state index in [9.17, 15) is 14.7 Å². The summed E-state index contributed by atoms with van der Waals surface area (Å²) >= 11 is 1.27. The molecule has 0 spiro atoms. The van der Waals surface area contributed by atoms with Gasteiger partial charge < -0.3 is 9.84 Å². The van der Waals surface area contributed by atoms with Gasteiger partial charge in [0.15, 0.2) is 5.13 Å². The quantitative estimate of drug-likeness (QED) is 0.352. The third kappa shape index (κ3) is 3.96. The molecule has 1 atom stereocenters. The summed E-state index contributed by atoms with van der Waals surface area (Å²) in [6.07, 6.45) is 1.60. The van der Waals surface area contributed by atoms with Gasteiger partial charge in [-0.05, 0) is 50.6 Å². The topological polar surface area (TPSA) is 79.7 Å². The number of ketones is 1. The van der Waals surface area contributed by atoms with E-state index in [1.165, 1.54) is 16.2 Å². The van der Waals surface area contributed by atoms with Crippen molar-refractivity contribution in [3.05, 3.63) is 82.4 Å². The first-order chi connectivity index (χ1) is 14.9. The number of aryl methyl sites for hydroxylation is 1. The van der Waals surface area contributed by atoms with Crippen molar-refractivity contribution in [2.75, 3.05) is 4.90 Å². The van der Waals surface area contributed by atoms with E-state index in [2.05, 4.69) is 4.98 Å². The fourth-order valence-corrected chi connectivity index (χ4v) is 4.21. The van der Waals surface area contributed by atoms with Gasteiger partial charge in [0.1, 0.15) is 11.5 Å². The third-order valence-corrected chi connectivity index (χ3v) is 5.73. The Balaban J connectivity index is 1.84. The van der Waals surface area contributed by atoms with Crippen LogP contribution in [-0.2, 0) is 9.59 Å². The number of rotatable bonds is 5. The molecule has 0 bridgehead atoms. The largest absolute Gasteiger partial charge is 0.507 e. The van der Waals surface area contributed by atoms with E-state index in [1.54, 1.807) is 35.8 Å². The average Bonchev–Trinajstić information content (AvgIpc) is 3.35. The number of carbonyl (C=O) groups is 2. The number of hydrogen-bond donors (Lipinski definition) is 1. The van der Waals surface area contributed by atoms with Crippen LogP contribution in [0.1, 0.15) is 36.6 Å². The predicted molar refractivity (Wildman–Crippen MR) is 120 cm³/mol. The van der Waals surface area contributed by atoms with E-state index < -0.39 is 17.7 Å². The maximum atomic E-state index is 13.0. The van der Waals surface area contributed by atoms with Gasteiger partial charge in [-0.2, -0.15) is 0 Å². The first kappa shape index (κ1) is 20.8. The van der Waals surface area contributed by atoms with E-state index in [1.807, 2.05) is 45.0 Å². The highest BCUT2D eigenvalue weighted by Crippen LogP contribution is 2.42. The molecule has 4 rings (SSSR count). The second-order valence-corrected chi connectivity index (χ2v) is 8.46. The van der Waals surface area contributed by atoms with Crippen molar-refractivity contribution < 1.29 is 19.4 Å². The van der Waals surface area contributed by atoms with Crippen LogP contribution in [0.15, 0.2) is 65.7 Å². The van der Waals surface area contributed by atoms with Crippen LogP contribution < -0.4 is 9.64 Å². The van der Waals surface area contributed by atoms with Crippen molar-refractivity contribution in [3.63, 3.8) is 0 Å². The molecule has 1 amide bonds. The van der Waals surface area contributed by atoms with Crippen molar-refractivity contribution in [2.24, 2.45) is 0 Å². The van der Waals surface area contributed by atoms with Gasteiger partial charge in [0.05, 0.1) is 17.7 Å². The highest BCUT2D eigenvalue weighted by Gasteiger charge is 2.47. The van der Waals surface area contributed by atoms with Crippen LogP contribution in [0.25, 0.3) is 5.76 Å². The minimum atomic E-state index is -0.765. The Kier molecular flexibility index (Phi) is 5.61. The van der Waals surface area contributed by atoms with Crippen LogP contribution in [0.3, 0.4) is 0 Å². The summed E-state index contributed by atoms with van der Waals surface area (Å²) in [6, 6.07) is 13.6. The van der Waals surface area contributed by atoms with Gasteiger partial charge in [0.2, 0.25) is 0 Å². The summed E-state index contributed by atoms with van der Waals surface area (Å²) in [4.78, 5) is 31.6. The Morgan fingerprint density at radius 1 is 1.10 bits per heavy atom. The lowest BCUT2D eigenvalue weighted by molar-refractivity contribution is -0.132. The lowest BCUT2D eigenvalue weighted by Crippen LogP contribution is -2.29. The van der Waals surface area contributed by atoms with Crippen LogP contribution in [0.2, 0.25) is 0 Å². The molecule has 0 radical (unpaired) electrons. The minimum Gasteiger partial charge on any atom is -0.507 e. The molecule has 31 heavy (non-hydrogen) atoms. The molecule has 2 heterocycles. The van der Waals surface area contributed by atoms with E-state index >= 15 is 0 Å². The van der Waals surface area contributed by atoms with E-state index in [0.717, 1.165) is 11.1 Å². The molecular weight excluding hydrogens is 412 g/mol. The van der Waals surface area contributed by atoms with E-state index in [0.29, 0.717) is 16.4 Å². The number of aromatic nitrogens is 1. The molecule has 0 saturated carbocycles. The Morgan fingerprint density at radius 3 is 2.35 bits per heavy atom. The molecule has 1 aliphatic rings. The predicted octanol–water partition coefficient (Wildman–Crippen LogP) is 4.87. The van der Waals surface area contributed by atoms with Gasteiger partial charge in [0.25, 0.3) is 5.78 Å². The molecule has 1 aromatic heterocycles. The highest BCUT2D eigenvalue weighted by molar-refractivity contribution is 7.14. The first-order valence-electron chi connectivity index (χ1n) is 9.91. The number of benzene rings is 2. The monoisotopic (exact) mass is 434 g/mol. The number of amides is 1. The SMILES string of the molecule is Cc1ccc([C@@H]2/C(=C(\O)c3ccc(OC(C)C)cc3)C(=O)C(=O)N2c2nccs2)cc1. The normalized spacial score (nSPS) is 18.1. The number of nitrogens with zero attached hydrogens (tertiary/aromatic N) is 2. The maximum absolute atomic E-state index is 13.0. The zero-order chi connectivity index (χ0) is 22.1. The molecule has 1 fully saturated rings. The van der Waals surface area contributed by atoms with Gasteiger partial charge >= 0.3 is 5.91 Å². The zero-order valence-electron chi connectivity index (χ0n) is 17.4. The van der Waals surface area contributed by atoms with Gasteiger partial charge in [-0.15, -0.1) is 11.3 Å². The van der Waals surface area contributed by atoms with Gasteiger partial charge in [-0.3, -0.25) is 14.5 Å².